The summed E-state index contributed by atoms with van der Waals surface area (Å²) in [6.45, 7) is 0. The number of benzene rings is 4. The van der Waals surface area contributed by atoms with Gasteiger partial charge in [0.05, 0.1) is 0 Å². The summed E-state index contributed by atoms with van der Waals surface area (Å²) < 4.78 is 7.48. The van der Waals surface area contributed by atoms with Gasteiger partial charge in [0.1, 0.15) is 12.5 Å². The molecule has 0 aliphatic rings. The van der Waals surface area contributed by atoms with Gasteiger partial charge >= 0.3 is 12.3 Å². The van der Waals surface area contributed by atoms with Crippen LogP contribution in [0.4, 0.5) is 9.59 Å². The van der Waals surface area contributed by atoms with Crippen LogP contribution in [-0.2, 0) is 9.47 Å². The van der Waals surface area contributed by atoms with Crippen molar-refractivity contribution in [3.05, 3.63) is 73.2 Å². The van der Waals surface area contributed by atoms with Crippen molar-refractivity contribution in [1.29, 1.82) is 0 Å². The van der Waals surface area contributed by atoms with E-state index in [0.717, 1.165) is 0 Å². The second-order valence-electron chi connectivity index (χ2n) is 5.33. The molecule has 0 aliphatic heterocycles. The molecule has 0 heterocycles. The summed E-state index contributed by atoms with van der Waals surface area (Å²) >= 11 is 0. The highest BCUT2D eigenvalue weighted by Crippen LogP contribution is 2.33. The molecule has 0 atom stereocenters. The Bertz CT molecular complexity index is 952. The van der Waals surface area contributed by atoms with E-state index in [1.54, 1.807) is 0 Å². The minimum absolute atomic E-state index is 0.594. The second kappa shape index (κ2) is 7.40. The molecule has 6 heteroatoms. The van der Waals surface area contributed by atoms with Crippen LogP contribution in [0.2, 0.25) is 0 Å². The fourth-order valence-corrected chi connectivity index (χ4v) is 2.84. The summed E-state index contributed by atoms with van der Waals surface area (Å²) in [5.74, 6) is 0. The van der Waals surface area contributed by atoms with Crippen LogP contribution in [-0.4, -0.2) is 22.5 Å². The maximum Gasteiger partial charge on any atom is 0.510 e. The molecular formula is C20H14O6. The zero-order valence-electron chi connectivity index (χ0n) is 13.5. The van der Waals surface area contributed by atoms with E-state index in [0.29, 0.717) is 12.5 Å². The van der Waals surface area contributed by atoms with Gasteiger partial charge in [-0.1, -0.05) is 60.7 Å². The first-order chi connectivity index (χ1) is 12.6. The lowest BCUT2D eigenvalue weighted by molar-refractivity contribution is 0.114. The van der Waals surface area contributed by atoms with Crippen molar-refractivity contribution >= 4 is 44.6 Å². The Balaban J connectivity index is 0.000000172. The van der Waals surface area contributed by atoms with Gasteiger partial charge in [-0.15, -0.1) is 0 Å². The normalized spacial score (nSPS) is 10.8. The lowest BCUT2D eigenvalue weighted by Gasteiger charge is -2.09. The largest absolute Gasteiger partial charge is 0.510 e. The summed E-state index contributed by atoms with van der Waals surface area (Å²) in [7, 11) is 0. The lowest BCUT2D eigenvalue weighted by atomic mass is 9.95. The Morgan fingerprint density at radius 2 is 0.923 bits per heavy atom. The van der Waals surface area contributed by atoms with Crippen molar-refractivity contribution < 1.29 is 29.3 Å². The summed E-state index contributed by atoms with van der Waals surface area (Å²) in [5, 5.41) is 23.7. The van der Waals surface area contributed by atoms with Crippen LogP contribution < -0.4 is 0 Å². The van der Waals surface area contributed by atoms with Gasteiger partial charge in [0.25, 0.3) is 0 Å². The molecule has 0 aliphatic carbocycles. The van der Waals surface area contributed by atoms with Crippen molar-refractivity contribution in [1.82, 2.24) is 0 Å². The molecule has 0 saturated heterocycles. The van der Waals surface area contributed by atoms with Crippen LogP contribution in [0, 0.1) is 0 Å². The quantitative estimate of drug-likeness (QED) is 0.284. The van der Waals surface area contributed by atoms with E-state index < -0.39 is 12.3 Å². The predicted octanol–water partition coefficient (Wildman–Crippen LogP) is 5.43. The monoisotopic (exact) mass is 350 g/mol. The molecule has 26 heavy (non-hydrogen) atoms. The van der Waals surface area contributed by atoms with Gasteiger partial charge in [0, 0.05) is 0 Å². The topological polar surface area (TPSA) is 93.1 Å². The molecule has 0 amide bonds. The average Bonchev–Trinajstić information content (AvgIpc) is 2.64. The number of rotatable bonds is 2. The van der Waals surface area contributed by atoms with E-state index in [4.69, 9.17) is 10.2 Å². The third kappa shape index (κ3) is 3.64. The van der Waals surface area contributed by atoms with E-state index in [-0.39, 0.29) is 0 Å². The van der Waals surface area contributed by atoms with Crippen LogP contribution in [0.15, 0.2) is 73.2 Å². The van der Waals surface area contributed by atoms with Crippen molar-refractivity contribution in [2.24, 2.45) is 0 Å². The number of hydrogen-bond donors (Lipinski definition) is 2. The number of hydrogen-bond acceptors (Lipinski definition) is 4. The predicted molar refractivity (Wildman–Crippen MR) is 97.5 cm³/mol. The number of ether oxygens (including phenoxy) is 2. The van der Waals surface area contributed by atoms with Crippen molar-refractivity contribution in [3.8, 4) is 0 Å². The molecule has 0 radical (unpaired) electrons. The van der Waals surface area contributed by atoms with Crippen LogP contribution in [0.25, 0.3) is 32.3 Å². The minimum Gasteiger partial charge on any atom is -0.449 e. The van der Waals surface area contributed by atoms with Gasteiger partial charge in [0.15, 0.2) is 0 Å². The van der Waals surface area contributed by atoms with Crippen LogP contribution >= 0.6 is 0 Å². The molecule has 0 saturated carbocycles. The molecule has 4 rings (SSSR count). The molecule has 0 unspecified atom stereocenters. The maximum atomic E-state index is 9.57. The van der Waals surface area contributed by atoms with Crippen molar-refractivity contribution in [2.45, 2.75) is 0 Å². The first-order valence-electron chi connectivity index (χ1n) is 7.63. The zero-order valence-corrected chi connectivity index (χ0v) is 13.5. The first kappa shape index (κ1) is 17.0. The SMILES string of the molecule is O=C(O)O/C=C/OC(=O)O.c1cc2ccc3cccc4ccc(c1)c2c34. The molecule has 0 aromatic heterocycles. The van der Waals surface area contributed by atoms with Gasteiger partial charge < -0.3 is 19.7 Å². The maximum absolute atomic E-state index is 9.57. The van der Waals surface area contributed by atoms with Crippen molar-refractivity contribution in [3.63, 3.8) is 0 Å². The highest BCUT2D eigenvalue weighted by atomic mass is 16.7. The van der Waals surface area contributed by atoms with Crippen LogP contribution in [0.5, 0.6) is 0 Å². The van der Waals surface area contributed by atoms with Crippen LogP contribution in [0.1, 0.15) is 0 Å². The average molecular weight is 350 g/mol. The summed E-state index contributed by atoms with van der Waals surface area (Å²) in [6, 6.07) is 21.9. The Labute approximate surface area is 147 Å². The number of carbonyl (C=O) groups is 2. The molecule has 0 spiro atoms. The van der Waals surface area contributed by atoms with E-state index in [9.17, 15) is 9.59 Å². The molecule has 4 aromatic carbocycles. The van der Waals surface area contributed by atoms with E-state index in [1.165, 1.54) is 32.3 Å². The minimum atomic E-state index is -1.54. The van der Waals surface area contributed by atoms with Gasteiger partial charge in [-0.05, 0) is 32.3 Å². The molecule has 6 nitrogen and oxygen atoms in total. The summed E-state index contributed by atoms with van der Waals surface area (Å²) in [6.07, 6.45) is -1.89. The Hall–Kier alpha value is -3.80. The first-order valence-corrected chi connectivity index (χ1v) is 7.63. The molecule has 2 N–H and O–H groups in total. The third-order valence-corrected chi connectivity index (χ3v) is 3.79. The van der Waals surface area contributed by atoms with Gasteiger partial charge in [-0.2, -0.15) is 0 Å². The standard InChI is InChI=1S/C16H10.C4H4O6/c1-3-11-7-9-13-5-2-6-14-10-8-12(4-1)15(11)16(13)14;5-3(6)9-1-2-10-4(7)8/h1-10H;1-2H,(H,5,6)(H,7,8)/b;2-1+. The fourth-order valence-electron chi connectivity index (χ4n) is 2.84. The highest BCUT2D eigenvalue weighted by molar-refractivity contribution is 6.22. The molecule has 0 fully saturated rings. The Kier molecular flexibility index (Phi) is 4.85. The molecular weight excluding hydrogens is 336 g/mol. The smallest absolute Gasteiger partial charge is 0.449 e. The fraction of sp³-hybridized carbons (Fsp3) is 0. The highest BCUT2D eigenvalue weighted by Gasteiger charge is 2.05. The third-order valence-electron chi connectivity index (χ3n) is 3.79. The van der Waals surface area contributed by atoms with E-state index in [2.05, 4.69) is 70.1 Å². The van der Waals surface area contributed by atoms with E-state index in [1.807, 2.05) is 0 Å². The van der Waals surface area contributed by atoms with Gasteiger partial charge in [0.2, 0.25) is 0 Å². The van der Waals surface area contributed by atoms with E-state index >= 15 is 0 Å². The Morgan fingerprint density at radius 1 is 0.615 bits per heavy atom. The summed E-state index contributed by atoms with van der Waals surface area (Å²) in [4.78, 5) is 19.1. The lowest BCUT2D eigenvalue weighted by Crippen LogP contribution is -1.95. The summed E-state index contributed by atoms with van der Waals surface area (Å²) in [5.41, 5.74) is 0. The van der Waals surface area contributed by atoms with Crippen molar-refractivity contribution in [2.75, 3.05) is 0 Å². The number of carboxylic acid groups (broad SMARTS) is 2. The second-order valence-corrected chi connectivity index (χ2v) is 5.33. The molecule has 4 aromatic rings. The Morgan fingerprint density at radius 3 is 1.19 bits per heavy atom. The van der Waals surface area contributed by atoms with Gasteiger partial charge in [-0.25, -0.2) is 9.59 Å². The van der Waals surface area contributed by atoms with Gasteiger partial charge in [-0.3, -0.25) is 0 Å². The molecule has 0 bridgehead atoms. The zero-order chi connectivity index (χ0) is 18.5. The molecule has 130 valence electrons. The van der Waals surface area contributed by atoms with Crippen LogP contribution in [0.3, 0.4) is 0 Å².